The Morgan fingerprint density at radius 3 is 2.53 bits per heavy atom. The lowest BCUT2D eigenvalue weighted by atomic mass is 10.2. The van der Waals surface area contributed by atoms with Crippen LogP contribution in [0.1, 0.15) is 28.4 Å². The summed E-state index contributed by atoms with van der Waals surface area (Å²) in [4.78, 5) is 12.2. The van der Waals surface area contributed by atoms with Gasteiger partial charge in [-0.25, -0.2) is 5.43 Å². The number of carbonyl (C=O) groups excluding carboxylic acids is 1. The third-order valence-electron chi connectivity index (χ3n) is 4.06. The van der Waals surface area contributed by atoms with Crippen LogP contribution in [0.2, 0.25) is 10.0 Å². The third kappa shape index (κ3) is 5.99. The Balaban J connectivity index is 1.66. The first-order valence-electron chi connectivity index (χ1n) is 9.29. The molecule has 1 N–H and O–H groups in total. The Morgan fingerprint density at radius 2 is 1.80 bits per heavy atom. The molecule has 3 aromatic carbocycles. The van der Waals surface area contributed by atoms with Gasteiger partial charge < -0.3 is 9.47 Å². The maximum absolute atomic E-state index is 12.2. The molecule has 30 heavy (non-hydrogen) atoms. The van der Waals surface area contributed by atoms with E-state index in [4.69, 9.17) is 32.7 Å². The summed E-state index contributed by atoms with van der Waals surface area (Å²) in [6.45, 7) is 2.83. The van der Waals surface area contributed by atoms with Gasteiger partial charge in [-0.15, -0.1) is 0 Å². The van der Waals surface area contributed by atoms with Gasteiger partial charge in [-0.05, 0) is 54.4 Å². The Bertz CT molecular complexity index is 1040. The van der Waals surface area contributed by atoms with Crippen LogP contribution in [0.25, 0.3) is 0 Å². The fourth-order valence-corrected chi connectivity index (χ4v) is 3.12. The van der Waals surface area contributed by atoms with Crippen LogP contribution in [0.4, 0.5) is 0 Å². The lowest BCUT2D eigenvalue weighted by Crippen LogP contribution is -2.18. The first-order chi connectivity index (χ1) is 14.6. The number of nitrogens with zero attached hydrogens (tertiary/aromatic N) is 1. The number of hydrazone groups is 1. The van der Waals surface area contributed by atoms with Gasteiger partial charge >= 0.3 is 0 Å². The molecule has 0 saturated carbocycles. The molecule has 7 heteroatoms. The number of amides is 1. The monoisotopic (exact) mass is 442 g/mol. The molecular weight excluding hydrogens is 423 g/mol. The second kappa shape index (κ2) is 10.7. The molecule has 3 aromatic rings. The van der Waals surface area contributed by atoms with Crippen molar-refractivity contribution < 1.29 is 14.3 Å². The van der Waals surface area contributed by atoms with E-state index in [1.165, 1.54) is 12.3 Å². The summed E-state index contributed by atoms with van der Waals surface area (Å²) in [6, 6.07) is 20.0. The number of hydrogen-bond acceptors (Lipinski definition) is 4. The molecule has 0 bridgehead atoms. The van der Waals surface area contributed by atoms with Crippen molar-refractivity contribution in [1.82, 2.24) is 5.43 Å². The molecule has 0 saturated heterocycles. The van der Waals surface area contributed by atoms with Crippen LogP contribution in [-0.4, -0.2) is 18.7 Å². The summed E-state index contributed by atoms with van der Waals surface area (Å²) in [7, 11) is 0. The predicted molar refractivity (Wildman–Crippen MR) is 120 cm³/mol. The minimum atomic E-state index is -0.430. The third-order valence-corrected chi connectivity index (χ3v) is 4.61. The molecule has 0 aliphatic heterocycles. The van der Waals surface area contributed by atoms with Gasteiger partial charge in [0.15, 0.2) is 11.5 Å². The van der Waals surface area contributed by atoms with Gasteiger partial charge in [-0.3, -0.25) is 4.79 Å². The Labute approximate surface area is 185 Å². The van der Waals surface area contributed by atoms with Gasteiger partial charge in [-0.1, -0.05) is 53.5 Å². The highest BCUT2D eigenvalue weighted by atomic mass is 35.5. The van der Waals surface area contributed by atoms with E-state index in [1.807, 2.05) is 49.4 Å². The summed E-state index contributed by atoms with van der Waals surface area (Å²) in [6.07, 6.45) is 1.52. The van der Waals surface area contributed by atoms with Gasteiger partial charge in [-0.2, -0.15) is 5.10 Å². The van der Waals surface area contributed by atoms with E-state index in [2.05, 4.69) is 10.5 Å². The van der Waals surface area contributed by atoms with Crippen molar-refractivity contribution >= 4 is 35.3 Å². The van der Waals surface area contributed by atoms with Crippen LogP contribution < -0.4 is 14.9 Å². The Kier molecular flexibility index (Phi) is 7.71. The highest BCUT2D eigenvalue weighted by Crippen LogP contribution is 2.29. The van der Waals surface area contributed by atoms with Gasteiger partial charge in [0.05, 0.1) is 23.4 Å². The zero-order valence-corrected chi connectivity index (χ0v) is 17.8. The van der Waals surface area contributed by atoms with E-state index in [9.17, 15) is 4.79 Å². The van der Waals surface area contributed by atoms with Crippen LogP contribution >= 0.6 is 23.2 Å². The minimum Gasteiger partial charge on any atom is -0.490 e. The number of benzene rings is 3. The molecule has 5 nitrogen and oxygen atoms in total. The molecule has 0 heterocycles. The molecule has 0 aliphatic rings. The molecule has 0 unspecified atom stereocenters. The van der Waals surface area contributed by atoms with Gasteiger partial charge in [0.25, 0.3) is 5.91 Å². The topological polar surface area (TPSA) is 59.9 Å². The molecule has 0 fully saturated rings. The van der Waals surface area contributed by atoms with E-state index in [0.717, 1.165) is 11.1 Å². The predicted octanol–water partition coefficient (Wildman–Crippen LogP) is 5.74. The van der Waals surface area contributed by atoms with Crippen molar-refractivity contribution in [2.75, 3.05) is 6.61 Å². The van der Waals surface area contributed by atoms with Crippen LogP contribution in [0.5, 0.6) is 11.5 Å². The van der Waals surface area contributed by atoms with Crippen LogP contribution in [0.15, 0.2) is 71.8 Å². The smallest absolute Gasteiger partial charge is 0.272 e. The summed E-state index contributed by atoms with van der Waals surface area (Å²) in [5, 5.41) is 4.71. The second-order valence-electron chi connectivity index (χ2n) is 6.24. The standard InChI is InChI=1S/C23H20Cl2N2O3/c1-2-29-22-12-17(8-11-21(22)30-15-16-6-4-3-5-7-16)14-26-27-23(28)19-10-9-18(24)13-20(19)25/h3-14H,2,15H2,1H3,(H,27,28)/b26-14+. The molecule has 0 spiro atoms. The summed E-state index contributed by atoms with van der Waals surface area (Å²) in [5.41, 5.74) is 4.55. The summed E-state index contributed by atoms with van der Waals surface area (Å²) in [5.74, 6) is 0.806. The Hall–Kier alpha value is -3.02. The zero-order valence-electron chi connectivity index (χ0n) is 16.3. The van der Waals surface area contributed by atoms with E-state index in [1.54, 1.807) is 18.2 Å². The van der Waals surface area contributed by atoms with Crippen LogP contribution in [0, 0.1) is 0 Å². The number of carbonyl (C=O) groups is 1. The van der Waals surface area contributed by atoms with Crippen LogP contribution in [0.3, 0.4) is 0 Å². The Morgan fingerprint density at radius 1 is 1.00 bits per heavy atom. The first kappa shape index (κ1) is 21.7. The minimum absolute atomic E-state index is 0.258. The SMILES string of the molecule is CCOc1cc(/C=N/NC(=O)c2ccc(Cl)cc2Cl)ccc1OCc1ccccc1. The van der Waals surface area contributed by atoms with Gasteiger partial charge in [0, 0.05) is 5.02 Å². The largest absolute Gasteiger partial charge is 0.490 e. The zero-order chi connectivity index (χ0) is 21.3. The lowest BCUT2D eigenvalue weighted by molar-refractivity contribution is 0.0955. The normalized spacial score (nSPS) is 10.8. The van der Waals surface area contributed by atoms with E-state index < -0.39 is 5.91 Å². The van der Waals surface area contributed by atoms with Crippen LogP contribution in [-0.2, 0) is 6.61 Å². The molecule has 0 aliphatic carbocycles. The van der Waals surface area contributed by atoms with Crippen molar-refractivity contribution in [3.05, 3.63) is 93.5 Å². The van der Waals surface area contributed by atoms with Crippen molar-refractivity contribution in [3.8, 4) is 11.5 Å². The molecule has 0 aromatic heterocycles. The maximum atomic E-state index is 12.2. The highest BCUT2D eigenvalue weighted by Gasteiger charge is 2.10. The lowest BCUT2D eigenvalue weighted by Gasteiger charge is -2.12. The van der Waals surface area contributed by atoms with E-state index in [0.29, 0.717) is 29.7 Å². The number of halogens is 2. The quantitative estimate of drug-likeness (QED) is 0.357. The molecule has 1 amide bonds. The van der Waals surface area contributed by atoms with Crippen molar-refractivity contribution in [1.29, 1.82) is 0 Å². The van der Waals surface area contributed by atoms with Gasteiger partial charge in [0.1, 0.15) is 6.61 Å². The van der Waals surface area contributed by atoms with Crippen molar-refractivity contribution in [2.24, 2.45) is 5.10 Å². The van der Waals surface area contributed by atoms with E-state index >= 15 is 0 Å². The fourth-order valence-electron chi connectivity index (χ4n) is 2.63. The molecule has 154 valence electrons. The number of ether oxygens (including phenoxy) is 2. The van der Waals surface area contributed by atoms with E-state index in [-0.39, 0.29) is 10.6 Å². The van der Waals surface area contributed by atoms with Crippen molar-refractivity contribution in [3.63, 3.8) is 0 Å². The molecule has 3 rings (SSSR count). The molecule has 0 atom stereocenters. The first-order valence-corrected chi connectivity index (χ1v) is 10.0. The summed E-state index contributed by atoms with van der Waals surface area (Å²) >= 11 is 11.9. The molecular formula is C23H20Cl2N2O3. The average Bonchev–Trinajstić information content (AvgIpc) is 2.74. The molecule has 0 radical (unpaired) electrons. The average molecular weight is 443 g/mol. The second-order valence-corrected chi connectivity index (χ2v) is 7.08. The number of hydrogen-bond donors (Lipinski definition) is 1. The van der Waals surface area contributed by atoms with Gasteiger partial charge in [0.2, 0.25) is 0 Å². The number of nitrogens with one attached hydrogen (secondary N) is 1. The number of rotatable bonds is 8. The summed E-state index contributed by atoms with van der Waals surface area (Å²) < 4.78 is 11.6. The fraction of sp³-hybridized carbons (Fsp3) is 0.130. The highest BCUT2D eigenvalue weighted by molar-refractivity contribution is 6.36. The van der Waals surface area contributed by atoms with Crippen molar-refractivity contribution in [2.45, 2.75) is 13.5 Å². The maximum Gasteiger partial charge on any atom is 0.272 e.